The number of nitrogens with one attached hydrogen (secondary N) is 1. The van der Waals surface area contributed by atoms with Crippen LogP contribution in [0.25, 0.3) is 5.57 Å². The fraction of sp³-hybridized carbons (Fsp3) is 0.333. The molecule has 1 N–H and O–H groups in total. The summed E-state index contributed by atoms with van der Waals surface area (Å²) in [6.07, 6.45) is 2.92. The van der Waals surface area contributed by atoms with Crippen LogP contribution in [0.2, 0.25) is 0 Å². The summed E-state index contributed by atoms with van der Waals surface area (Å²) in [6.45, 7) is 6.88. The third-order valence-corrected chi connectivity index (χ3v) is 4.77. The molecule has 26 heavy (non-hydrogen) atoms. The fourth-order valence-corrected chi connectivity index (χ4v) is 3.40. The van der Waals surface area contributed by atoms with E-state index in [1.807, 2.05) is 18.2 Å². The molecule has 1 amide bonds. The average Bonchev–Trinajstić information content (AvgIpc) is 2.96. The van der Waals surface area contributed by atoms with Gasteiger partial charge in [-0.15, -0.1) is 0 Å². The van der Waals surface area contributed by atoms with E-state index in [0.29, 0.717) is 42.2 Å². The molecule has 1 aromatic heterocycles. The van der Waals surface area contributed by atoms with Crippen LogP contribution in [-0.4, -0.2) is 41.5 Å². The highest BCUT2D eigenvalue weighted by molar-refractivity contribution is 6.00. The molecule has 0 fully saturated rings. The van der Waals surface area contributed by atoms with E-state index in [4.69, 9.17) is 4.74 Å². The number of nitrogens with zero attached hydrogens (tertiary/aromatic N) is 1. The van der Waals surface area contributed by atoms with Crippen LogP contribution < -0.4 is 0 Å². The van der Waals surface area contributed by atoms with Crippen LogP contribution in [0, 0.1) is 13.8 Å². The molecule has 0 bridgehead atoms. The minimum atomic E-state index is -0.386. The van der Waals surface area contributed by atoms with Gasteiger partial charge in [0, 0.05) is 18.8 Å². The maximum atomic E-state index is 12.9. The van der Waals surface area contributed by atoms with Crippen molar-refractivity contribution in [1.82, 2.24) is 9.88 Å². The number of benzene rings is 1. The quantitative estimate of drug-likeness (QED) is 0.853. The van der Waals surface area contributed by atoms with E-state index < -0.39 is 0 Å². The van der Waals surface area contributed by atoms with Crippen molar-refractivity contribution in [3.63, 3.8) is 0 Å². The van der Waals surface area contributed by atoms with Crippen LogP contribution in [0.1, 0.15) is 51.0 Å². The van der Waals surface area contributed by atoms with Crippen molar-refractivity contribution in [2.75, 3.05) is 19.7 Å². The largest absolute Gasteiger partial charge is 0.462 e. The number of esters is 1. The summed E-state index contributed by atoms with van der Waals surface area (Å²) in [5, 5.41) is 0. The molecule has 0 atom stereocenters. The van der Waals surface area contributed by atoms with Crippen LogP contribution in [0.3, 0.4) is 0 Å². The van der Waals surface area contributed by atoms with Gasteiger partial charge in [0.2, 0.25) is 0 Å². The van der Waals surface area contributed by atoms with Crippen LogP contribution in [-0.2, 0) is 4.74 Å². The van der Waals surface area contributed by atoms with Gasteiger partial charge in [-0.3, -0.25) is 4.79 Å². The van der Waals surface area contributed by atoms with Crippen molar-refractivity contribution in [3.8, 4) is 0 Å². The molecule has 3 rings (SSSR count). The smallest absolute Gasteiger partial charge is 0.340 e. The average molecular weight is 352 g/mol. The number of hydrogen-bond donors (Lipinski definition) is 1. The molecule has 0 saturated carbocycles. The standard InChI is InChI=1S/C21H24N2O3/c1-4-26-21(25)18-14(2)19(22-15(18)3)20(24)23-12-10-17(11-13-23)16-8-6-5-7-9-16/h5-10,22H,4,11-13H2,1-3H3. The third-order valence-electron chi connectivity index (χ3n) is 4.77. The van der Waals surface area contributed by atoms with Gasteiger partial charge in [0.1, 0.15) is 5.69 Å². The second-order valence-corrected chi connectivity index (χ2v) is 6.44. The van der Waals surface area contributed by atoms with Crippen molar-refractivity contribution in [3.05, 3.63) is 64.5 Å². The highest BCUT2D eigenvalue weighted by atomic mass is 16.5. The minimum Gasteiger partial charge on any atom is -0.462 e. The Morgan fingerprint density at radius 2 is 1.92 bits per heavy atom. The van der Waals surface area contributed by atoms with Gasteiger partial charge in [0.15, 0.2) is 0 Å². The second kappa shape index (κ2) is 7.60. The molecule has 0 spiro atoms. The lowest BCUT2D eigenvalue weighted by Gasteiger charge is -2.26. The number of carbonyl (C=O) groups excluding carboxylic acids is 2. The van der Waals surface area contributed by atoms with E-state index in [2.05, 4.69) is 23.2 Å². The molecule has 2 aromatic rings. The molecule has 0 aliphatic carbocycles. The molecular formula is C21H24N2O3. The zero-order valence-electron chi connectivity index (χ0n) is 15.5. The number of carbonyl (C=O) groups is 2. The first kappa shape index (κ1) is 18.0. The Bertz CT molecular complexity index is 850. The molecule has 1 aliphatic heterocycles. The highest BCUT2D eigenvalue weighted by Crippen LogP contribution is 2.25. The maximum absolute atomic E-state index is 12.9. The van der Waals surface area contributed by atoms with E-state index in [1.54, 1.807) is 25.7 Å². The molecule has 1 aliphatic rings. The second-order valence-electron chi connectivity index (χ2n) is 6.44. The summed E-state index contributed by atoms with van der Waals surface area (Å²) >= 11 is 0. The summed E-state index contributed by atoms with van der Waals surface area (Å²) in [6, 6.07) is 10.2. The van der Waals surface area contributed by atoms with Crippen LogP contribution >= 0.6 is 0 Å². The summed E-state index contributed by atoms with van der Waals surface area (Å²) in [7, 11) is 0. The van der Waals surface area contributed by atoms with E-state index in [-0.39, 0.29) is 11.9 Å². The first-order valence-electron chi connectivity index (χ1n) is 8.93. The number of amides is 1. The van der Waals surface area contributed by atoms with Crippen molar-refractivity contribution >= 4 is 17.4 Å². The van der Waals surface area contributed by atoms with E-state index in [9.17, 15) is 9.59 Å². The Kier molecular flexibility index (Phi) is 5.26. The number of aryl methyl sites for hydroxylation is 1. The van der Waals surface area contributed by atoms with E-state index >= 15 is 0 Å². The number of aromatic amines is 1. The number of aromatic nitrogens is 1. The van der Waals surface area contributed by atoms with Crippen LogP contribution in [0.4, 0.5) is 0 Å². The predicted molar refractivity (Wildman–Crippen MR) is 101 cm³/mol. The Morgan fingerprint density at radius 3 is 2.54 bits per heavy atom. The predicted octanol–water partition coefficient (Wildman–Crippen LogP) is 3.74. The molecular weight excluding hydrogens is 328 g/mol. The lowest BCUT2D eigenvalue weighted by molar-refractivity contribution is 0.0525. The molecule has 136 valence electrons. The zero-order valence-corrected chi connectivity index (χ0v) is 15.5. The molecule has 5 heteroatoms. The lowest BCUT2D eigenvalue weighted by Crippen LogP contribution is -2.35. The molecule has 0 unspecified atom stereocenters. The maximum Gasteiger partial charge on any atom is 0.340 e. The number of ether oxygens (including phenoxy) is 1. The number of hydrogen-bond acceptors (Lipinski definition) is 3. The topological polar surface area (TPSA) is 62.4 Å². The van der Waals surface area contributed by atoms with Gasteiger partial charge in [-0.1, -0.05) is 36.4 Å². The fourth-order valence-electron chi connectivity index (χ4n) is 3.40. The van der Waals surface area contributed by atoms with Gasteiger partial charge in [-0.2, -0.15) is 0 Å². The van der Waals surface area contributed by atoms with E-state index in [1.165, 1.54) is 11.1 Å². The lowest BCUT2D eigenvalue weighted by atomic mass is 9.99. The van der Waals surface area contributed by atoms with Crippen molar-refractivity contribution < 1.29 is 14.3 Å². The Balaban J connectivity index is 1.78. The molecule has 0 radical (unpaired) electrons. The van der Waals surface area contributed by atoms with Crippen LogP contribution in [0.5, 0.6) is 0 Å². The summed E-state index contributed by atoms with van der Waals surface area (Å²) in [5.74, 6) is -0.466. The van der Waals surface area contributed by atoms with Gasteiger partial charge >= 0.3 is 5.97 Å². The zero-order chi connectivity index (χ0) is 18.7. The monoisotopic (exact) mass is 352 g/mol. The Labute approximate surface area is 153 Å². The highest BCUT2D eigenvalue weighted by Gasteiger charge is 2.26. The first-order valence-corrected chi connectivity index (χ1v) is 8.93. The summed E-state index contributed by atoms with van der Waals surface area (Å²) < 4.78 is 5.10. The molecule has 0 saturated heterocycles. The first-order chi connectivity index (χ1) is 12.5. The summed E-state index contributed by atoms with van der Waals surface area (Å²) in [4.78, 5) is 29.9. The Hall–Kier alpha value is -2.82. The normalized spacial score (nSPS) is 14.1. The van der Waals surface area contributed by atoms with Gasteiger partial charge in [0.05, 0.1) is 12.2 Å². The molecule has 5 nitrogen and oxygen atoms in total. The van der Waals surface area contributed by atoms with Gasteiger partial charge in [0.25, 0.3) is 5.91 Å². The van der Waals surface area contributed by atoms with Gasteiger partial charge < -0.3 is 14.6 Å². The Morgan fingerprint density at radius 1 is 1.19 bits per heavy atom. The van der Waals surface area contributed by atoms with Gasteiger partial charge in [-0.25, -0.2) is 4.79 Å². The molecule has 1 aromatic carbocycles. The van der Waals surface area contributed by atoms with Gasteiger partial charge in [-0.05, 0) is 43.9 Å². The SMILES string of the molecule is CCOC(=O)c1c(C)[nH]c(C(=O)N2CC=C(c3ccccc3)CC2)c1C. The van der Waals surface area contributed by atoms with Crippen molar-refractivity contribution in [2.24, 2.45) is 0 Å². The summed E-state index contributed by atoms with van der Waals surface area (Å²) in [5.41, 5.74) is 4.73. The third kappa shape index (κ3) is 3.43. The molecule has 2 heterocycles. The number of H-pyrrole nitrogens is 1. The van der Waals surface area contributed by atoms with Crippen molar-refractivity contribution in [1.29, 1.82) is 0 Å². The van der Waals surface area contributed by atoms with E-state index in [0.717, 1.165) is 6.42 Å². The van der Waals surface area contributed by atoms with Crippen LogP contribution in [0.15, 0.2) is 36.4 Å². The number of rotatable bonds is 4. The van der Waals surface area contributed by atoms with Crippen molar-refractivity contribution in [2.45, 2.75) is 27.2 Å². The minimum absolute atomic E-state index is 0.0792.